The van der Waals surface area contributed by atoms with Crippen molar-refractivity contribution >= 4 is 27.1 Å². The summed E-state index contributed by atoms with van der Waals surface area (Å²) in [5.74, 6) is -0.610. The molecule has 0 aliphatic rings. The molecule has 0 aliphatic carbocycles. The van der Waals surface area contributed by atoms with Gasteiger partial charge in [-0.2, -0.15) is 4.98 Å². The normalized spacial score (nSPS) is 13.1. The van der Waals surface area contributed by atoms with Crippen LogP contribution in [0.2, 0.25) is 0 Å². The van der Waals surface area contributed by atoms with Crippen molar-refractivity contribution in [2.24, 2.45) is 0 Å². The lowest BCUT2D eigenvalue weighted by molar-refractivity contribution is -0.389. The van der Waals surface area contributed by atoms with Crippen molar-refractivity contribution in [3.63, 3.8) is 0 Å². The third kappa shape index (κ3) is 2.51. The standard InChI is InChI=1S/C8H10ClN3O5S/c1-5(3-9)18(15,16)8-6(12(13)14)7(17-2)10-4-11-8/h4-5H,3H2,1-2H3. The number of alkyl halides is 1. The van der Waals surface area contributed by atoms with Crippen molar-refractivity contribution in [2.45, 2.75) is 17.2 Å². The van der Waals surface area contributed by atoms with E-state index in [9.17, 15) is 18.5 Å². The lowest BCUT2D eigenvalue weighted by Crippen LogP contribution is -2.22. The van der Waals surface area contributed by atoms with E-state index in [1.54, 1.807) is 0 Å². The predicted octanol–water partition coefficient (Wildman–Crippen LogP) is 0.794. The number of rotatable bonds is 5. The van der Waals surface area contributed by atoms with Crippen molar-refractivity contribution in [3.8, 4) is 5.88 Å². The summed E-state index contributed by atoms with van der Waals surface area (Å²) >= 11 is 5.47. The lowest BCUT2D eigenvalue weighted by Gasteiger charge is -2.09. The molecule has 0 bridgehead atoms. The van der Waals surface area contributed by atoms with Crippen LogP contribution in [-0.2, 0) is 9.84 Å². The van der Waals surface area contributed by atoms with Crippen LogP contribution in [0.4, 0.5) is 5.69 Å². The van der Waals surface area contributed by atoms with Gasteiger partial charge < -0.3 is 4.74 Å². The van der Waals surface area contributed by atoms with Gasteiger partial charge in [-0.15, -0.1) is 11.6 Å². The minimum atomic E-state index is -4.00. The minimum Gasteiger partial charge on any atom is -0.476 e. The molecule has 0 amide bonds. The maximum atomic E-state index is 12.0. The Bertz CT molecular complexity index is 562. The molecule has 1 aromatic heterocycles. The molecular formula is C8H10ClN3O5S. The van der Waals surface area contributed by atoms with Gasteiger partial charge in [0.2, 0.25) is 14.9 Å². The SMILES string of the molecule is COc1ncnc(S(=O)(=O)C(C)CCl)c1[N+](=O)[O-]. The minimum absolute atomic E-state index is 0.203. The predicted molar refractivity (Wildman–Crippen MR) is 62.6 cm³/mol. The number of halogens is 1. The zero-order valence-corrected chi connectivity index (χ0v) is 11.1. The second-order valence-corrected chi connectivity index (χ2v) is 5.89. The monoisotopic (exact) mass is 295 g/mol. The van der Waals surface area contributed by atoms with E-state index < -0.39 is 36.6 Å². The Labute approximate surface area is 108 Å². The highest BCUT2D eigenvalue weighted by Gasteiger charge is 2.35. The quantitative estimate of drug-likeness (QED) is 0.341. The number of hydrogen-bond acceptors (Lipinski definition) is 7. The smallest absolute Gasteiger partial charge is 0.367 e. The Morgan fingerprint density at radius 1 is 1.56 bits per heavy atom. The fourth-order valence-electron chi connectivity index (χ4n) is 1.13. The molecule has 18 heavy (non-hydrogen) atoms. The van der Waals surface area contributed by atoms with Crippen molar-refractivity contribution in [3.05, 3.63) is 16.4 Å². The number of hydrogen-bond donors (Lipinski definition) is 0. The van der Waals surface area contributed by atoms with Crippen molar-refractivity contribution in [1.82, 2.24) is 9.97 Å². The molecule has 0 radical (unpaired) electrons. The average molecular weight is 296 g/mol. The summed E-state index contributed by atoms with van der Waals surface area (Å²) in [7, 11) is -2.85. The molecule has 1 aromatic rings. The second kappa shape index (κ2) is 5.44. The third-order valence-electron chi connectivity index (χ3n) is 2.15. The fourth-order valence-corrected chi connectivity index (χ4v) is 2.80. The van der Waals surface area contributed by atoms with Gasteiger partial charge in [0, 0.05) is 5.88 Å². The van der Waals surface area contributed by atoms with Crippen LogP contribution in [0.15, 0.2) is 11.4 Å². The van der Waals surface area contributed by atoms with Crippen LogP contribution in [0.1, 0.15) is 6.92 Å². The van der Waals surface area contributed by atoms with Crippen LogP contribution in [0.3, 0.4) is 0 Å². The fraction of sp³-hybridized carbons (Fsp3) is 0.500. The van der Waals surface area contributed by atoms with Gasteiger partial charge in [0.15, 0.2) is 0 Å². The van der Waals surface area contributed by atoms with Crippen molar-refractivity contribution < 1.29 is 18.1 Å². The van der Waals surface area contributed by atoms with E-state index in [1.165, 1.54) is 6.92 Å². The van der Waals surface area contributed by atoms with Crippen LogP contribution in [0.25, 0.3) is 0 Å². The molecule has 0 aliphatic heterocycles. The zero-order chi connectivity index (χ0) is 13.9. The summed E-state index contributed by atoms with van der Waals surface area (Å²) in [5, 5.41) is 9.22. The van der Waals surface area contributed by atoms with E-state index in [1.807, 2.05) is 0 Å². The van der Waals surface area contributed by atoms with Gasteiger partial charge in [-0.1, -0.05) is 0 Å². The number of ether oxygens (including phenoxy) is 1. The molecule has 0 saturated heterocycles. The number of methoxy groups -OCH3 is 1. The average Bonchev–Trinajstić information content (AvgIpc) is 2.36. The third-order valence-corrected chi connectivity index (χ3v) is 4.86. The molecule has 0 spiro atoms. The van der Waals surface area contributed by atoms with E-state index in [2.05, 4.69) is 14.7 Å². The first-order chi connectivity index (χ1) is 8.36. The Morgan fingerprint density at radius 3 is 2.61 bits per heavy atom. The molecule has 10 heteroatoms. The zero-order valence-electron chi connectivity index (χ0n) is 9.53. The van der Waals surface area contributed by atoms with E-state index >= 15 is 0 Å². The van der Waals surface area contributed by atoms with Gasteiger partial charge in [-0.25, -0.2) is 13.4 Å². The number of aromatic nitrogens is 2. The highest BCUT2D eigenvalue weighted by Crippen LogP contribution is 2.31. The Kier molecular flexibility index (Phi) is 4.41. The summed E-state index contributed by atoms with van der Waals surface area (Å²) in [6.45, 7) is 1.33. The Hall–Kier alpha value is -1.48. The van der Waals surface area contributed by atoms with E-state index in [0.29, 0.717) is 0 Å². The van der Waals surface area contributed by atoms with E-state index in [-0.39, 0.29) is 5.88 Å². The topological polar surface area (TPSA) is 112 Å². The second-order valence-electron chi connectivity index (χ2n) is 3.30. The summed E-state index contributed by atoms with van der Waals surface area (Å²) in [5.41, 5.74) is -0.781. The molecule has 1 rings (SSSR count). The van der Waals surface area contributed by atoms with E-state index in [4.69, 9.17) is 11.6 Å². The van der Waals surface area contributed by atoms with Gasteiger partial charge >= 0.3 is 5.69 Å². The molecule has 0 aromatic carbocycles. The maximum absolute atomic E-state index is 12.0. The van der Waals surface area contributed by atoms with Crippen LogP contribution < -0.4 is 4.74 Å². The molecule has 1 heterocycles. The molecule has 0 fully saturated rings. The molecule has 1 atom stereocenters. The van der Waals surface area contributed by atoms with Crippen molar-refractivity contribution in [2.75, 3.05) is 13.0 Å². The van der Waals surface area contributed by atoms with E-state index in [0.717, 1.165) is 13.4 Å². The Balaban J connectivity index is 3.56. The van der Waals surface area contributed by atoms with Gasteiger partial charge in [0.1, 0.15) is 6.33 Å². The lowest BCUT2D eigenvalue weighted by atomic mass is 10.5. The first kappa shape index (κ1) is 14.6. The maximum Gasteiger partial charge on any atom is 0.367 e. The first-order valence-electron chi connectivity index (χ1n) is 4.69. The molecule has 8 nitrogen and oxygen atoms in total. The van der Waals surface area contributed by atoms with Crippen LogP contribution in [0.5, 0.6) is 5.88 Å². The highest BCUT2D eigenvalue weighted by molar-refractivity contribution is 7.92. The Morgan fingerprint density at radius 2 is 2.17 bits per heavy atom. The van der Waals surface area contributed by atoms with Gasteiger partial charge in [-0.3, -0.25) is 10.1 Å². The van der Waals surface area contributed by atoms with Crippen molar-refractivity contribution in [1.29, 1.82) is 0 Å². The van der Waals surface area contributed by atoms with Gasteiger partial charge in [-0.05, 0) is 6.92 Å². The number of nitro groups is 1. The van der Waals surface area contributed by atoms with Crippen LogP contribution in [-0.4, -0.2) is 41.5 Å². The summed E-state index contributed by atoms with van der Waals surface area (Å²) in [6.07, 6.45) is 0.889. The van der Waals surface area contributed by atoms with Crippen LogP contribution >= 0.6 is 11.6 Å². The van der Waals surface area contributed by atoms with Crippen LogP contribution in [0, 0.1) is 10.1 Å². The molecule has 0 N–H and O–H groups in total. The molecule has 0 saturated carbocycles. The number of nitrogens with zero attached hydrogens (tertiary/aromatic N) is 3. The summed E-state index contributed by atoms with van der Waals surface area (Å²) in [4.78, 5) is 17.0. The first-order valence-corrected chi connectivity index (χ1v) is 6.77. The van der Waals surface area contributed by atoms with Gasteiger partial charge in [0.05, 0.1) is 17.3 Å². The largest absolute Gasteiger partial charge is 0.476 e. The molecule has 100 valence electrons. The summed E-state index contributed by atoms with van der Waals surface area (Å²) in [6, 6.07) is 0. The molecule has 1 unspecified atom stereocenters. The highest BCUT2D eigenvalue weighted by atomic mass is 35.5. The molecular weight excluding hydrogens is 286 g/mol. The number of sulfone groups is 1. The summed E-state index contributed by atoms with van der Waals surface area (Å²) < 4.78 is 28.7. The van der Waals surface area contributed by atoms with Gasteiger partial charge in [0.25, 0.3) is 5.88 Å².